The Hall–Kier alpha value is -4.23. The molecule has 6 rings (SSSR count). The van der Waals surface area contributed by atoms with Crippen molar-refractivity contribution in [2.45, 2.75) is 28.0 Å². The van der Waals surface area contributed by atoms with Crippen LogP contribution >= 0.6 is 34.9 Å². The van der Waals surface area contributed by atoms with Crippen LogP contribution in [0.25, 0.3) is 11.1 Å². The number of rotatable bonds is 6. The average molecular weight is 607 g/mol. The van der Waals surface area contributed by atoms with E-state index in [4.69, 9.17) is 0 Å². The summed E-state index contributed by atoms with van der Waals surface area (Å²) in [5, 5.41) is 18.4. The van der Waals surface area contributed by atoms with Gasteiger partial charge in [-0.1, -0.05) is 72.3 Å². The zero-order valence-electron chi connectivity index (χ0n) is 22.6. The lowest BCUT2D eigenvalue weighted by Gasteiger charge is -2.40. The second-order valence-corrected chi connectivity index (χ2v) is 13.0. The van der Waals surface area contributed by atoms with Gasteiger partial charge in [-0.3, -0.25) is 9.69 Å². The van der Waals surface area contributed by atoms with Crippen LogP contribution in [-0.4, -0.2) is 29.0 Å². The Kier molecular flexibility index (Phi) is 8.20. The monoisotopic (exact) mass is 606 g/mol. The molecule has 2 atom stereocenters. The lowest BCUT2D eigenvalue weighted by Crippen LogP contribution is -2.49. The average Bonchev–Trinajstić information content (AvgIpc) is 3.41. The summed E-state index contributed by atoms with van der Waals surface area (Å²) in [7, 11) is 0. The molecule has 2 aliphatic rings. The van der Waals surface area contributed by atoms with Gasteiger partial charge in [0.25, 0.3) is 0 Å². The molecule has 42 heavy (non-hydrogen) atoms. The summed E-state index contributed by atoms with van der Waals surface area (Å²) in [6, 6.07) is 25.4. The predicted octanol–water partition coefficient (Wildman–Crippen LogP) is 8.33. The number of allylic oxidation sites excluding steroid dienone is 2. The number of nitriles is 1. The molecule has 0 radical (unpaired) electrons. The number of benzene rings is 3. The van der Waals surface area contributed by atoms with Crippen molar-refractivity contribution >= 4 is 63.2 Å². The van der Waals surface area contributed by atoms with E-state index < -0.39 is 0 Å². The van der Waals surface area contributed by atoms with E-state index in [1.165, 1.54) is 23.1 Å². The van der Waals surface area contributed by atoms with Crippen molar-refractivity contribution in [3.8, 4) is 17.2 Å². The van der Waals surface area contributed by atoms with Crippen LogP contribution in [0.1, 0.15) is 11.1 Å². The Morgan fingerprint density at radius 2 is 1.81 bits per heavy atom. The maximum absolute atomic E-state index is 13.6. The maximum atomic E-state index is 13.6. The van der Waals surface area contributed by atoms with E-state index in [0.29, 0.717) is 16.3 Å². The van der Waals surface area contributed by atoms with Gasteiger partial charge in [-0.15, -0.1) is 34.9 Å². The minimum atomic E-state index is -0.205. The molecule has 0 bridgehead atoms. The van der Waals surface area contributed by atoms with E-state index >= 15 is 0 Å². The van der Waals surface area contributed by atoms with Gasteiger partial charge in [0.15, 0.2) is 0 Å². The number of hydrogen-bond acceptors (Lipinski definition) is 6. The van der Waals surface area contributed by atoms with Crippen molar-refractivity contribution in [1.29, 1.82) is 5.26 Å². The first-order valence-corrected chi connectivity index (χ1v) is 16.1. The smallest absolute Gasteiger partial charge is 0.316 e. The molecule has 6 nitrogen and oxygen atoms in total. The first kappa shape index (κ1) is 27.9. The van der Waals surface area contributed by atoms with Gasteiger partial charge in [0.05, 0.1) is 28.3 Å². The van der Waals surface area contributed by atoms with Crippen LogP contribution in [0.2, 0.25) is 0 Å². The number of aryl methyl sites for hydroxylation is 1. The highest BCUT2D eigenvalue weighted by Crippen LogP contribution is 2.43. The van der Waals surface area contributed by atoms with Gasteiger partial charge in [-0.25, -0.2) is 4.79 Å². The molecule has 1 aliphatic heterocycles. The van der Waals surface area contributed by atoms with Crippen molar-refractivity contribution in [1.82, 2.24) is 0 Å². The second-order valence-electron chi connectivity index (χ2n) is 9.81. The van der Waals surface area contributed by atoms with Gasteiger partial charge in [-0.2, -0.15) is 5.26 Å². The van der Waals surface area contributed by atoms with Crippen LogP contribution in [0, 0.1) is 18.3 Å². The van der Waals surface area contributed by atoms with Crippen LogP contribution in [0.15, 0.2) is 112 Å². The highest BCUT2D eigenvalue weighted by atomic mass is 32.2. The van der Waals surface area contributed by atoms with Gasteiger partial charge in [0, 0.05) is 26.4 Å². The molecule has 9 heteroatoms. The number of carbonyl (C=O) groups excluding carboxylic acids is 2. The molecule has 3 aromatic carbocycles. The molecule has 1 aromatic heterocycles. The highest BCUT2D eigenvalue weighted by Gasteiger charge is 2.36. The second kappa shape index (κ2) is 12.3. The van der Waals surface area contributed by atoms with E-state index in [1.807, 2.05) is 102 Å². The number of amides is 3. The van der Waals surface area contributed by atoms with Crippen molar-refractivity contribution < 1.29 is 9.59 Å². The van der Waals surface area contributed by atoms with E-state index in [1.54, 1.807) is 11.8 Å². The van der Waals surface area contributed by atoms with E-state index in [0.717, 1.165) is 32.2 Å². The third-order valence-electron chi connectivity index (χ3n) is 6.94. The normalized spacial score (nSPS) is 16.7. The summed E-state index contributed by atoms with van der Waals surface area (Å²) in [6.45, 7) is 2.02. The molecule has 1 aliphatic carbocycles. The number of thioether (sulfide) groups is 2. The SMILES string of the molecule is Cc1ccc(-c2csc(NC(=O)CSc3cccc(NC(=O)N4c5ccccc5SC5C=CC=CC54)c3)c2C#N)cc1. The van der Waals surface area contributed by atoms with Crippen LogP contribution in [0.5, 0.6) is 0 Å². The fraction of sp³-hybridized carbons (Fsp3) is 0.121. The van der Waals surface area contributed by atoms with Crippen molar-refractivity contribution in [3.63, 3.8) is 0 Å². The molecule has 208 valence electrons. The third kappa shape index (κ3) is 5.88. The summed E-state index contributed by atoms with van der Waals surface area (Å²) < 4.78 is 0. The summed E-state index contributed by atoms with van der Waals surface area (Å²) in [4.78, 5) is 30.2. The zero-order chi connectivity index (χ0) is 29.1. The number of anilines is 3. The Labute approximate surface area is 257 Å². The summed E-state index contributed by atoms with van der Waals surface area (Å²) in [6.07, 6.45) is 8.20. The van der Waals surface area contributed by atoms with Gasteiger partial charge >= 0.3 is 6.03 Å². The summed E-state index contributed by atoms with van der Waals surface area (Å²) in [5.41, 5.74) is 4.91. The minimum Gasteiger partial charge on any atom is -0.316 e. The summed E-state index contributed by atoms with van der Waals surface area (Å²) >= 11 is 4.49. The number of para-hydroxylation sites is 1. The molecular formula is C33H26N4O2S3. The Bertz CT molecular complexity index is 1750. The Morgan fingerprint density at radius 1 is 1.00 bits per heavy atom. The van der Waals surface area contributed by atoms with Gasteiger partial charge in [0.1, 0.15) is 11.1 Å². The van der Waals surface area contributed by atoms with E-state index in [9.17, 15) is 14.9 Å². The number of nitrogens with one attached hydrogen (secondary N) is 2. The molecule has 4 aromatic rings. The molecule has 0 fully saturated rings. The molecule has 2 N–H and O–H groups in total. The van der Waals surface area contributed by atoms with Gasteiger partial charge < -0.3 is 10.6 Å². The van der Waals surface area contributed by atoms with Crippen molar-refractivity contribution in [2.24, 2.45) is 0 Å². The first-order valence-electron chi connectivity index (χ1n) is 13.3. The van der Waals surface area contributed by atoms with Crippen molar-refractivity contribution in [2.75, 3.05) is 21.3 Å². The fourth-order valence-corrected chi connectivity index (χ4v) is 7.84. The molecule has 3 amide bonds. The maximum Gasteiger partial charge on any atom is 0.326 e. The number of fused-ring (bicyclic) bond motifs is 2. The number of thiophene rings is 1. The number of carbonyl (C=O) groups is 2. The summed E-state index contributed by atoms with van der Waals surface area (Å²) in [5.74, 6) is -0.0358. The van der Waals surface area contributed by atoms with Gasteiger partial charge in [0.2, 0.25) is 5.91 Å². The lowest BCUT2D eigenvalue weighted by molar-refractivity contribution is -0.113. The van der Waals surface area contributed by atoms with Crippen LogP contribution in [-0.2, 0) is 4.79 Å². The molecule has 0 saturated heterocycles. The number of hydrogen-bond donors (Lipinski definition) is 2. The lowest BCUT2D eigenvalue weighted by atomic mass is 10.0. The zero-order valence-corrected chi connectivity index (χ0v) is 25.1. The fourth-order valence-electron chi connectivity index (χ4n) is 4.89. The topological polar surface area (TPSA) is 85.2 Å². The quantitative estimate of drug-likeness (QED) is 0.216. The van der Waals surface area contributed by atoms with Crippen LogP contribution in [0.4, 0.5) is 21.2 Å². The van der Waals surface area contributed by atoms with E-state index in [-0.39, 0.29) is 29.0 Å². The van der Waals surface area contributed by atoms with Crippen LogP contribution in [0.3, 0.4) is 0 Å². The molecule has 0 saturated carbocycles. The number of urea groups is 1. The molecule has 0 spiro atoms. The predicted molar refractivity (Wildman–Crippen MR) is 175 cm³/mol. The third-order valence-corrected chi connectivity index (χ3v) is 10.1. The van der Waals surface area contributed by atoms with Crippen molar-refractivity contribution in [3.05, 3.63) is 114 Å². The minimum absolute atomic E-state index is 0.0850. The van der Waals surface area contributed by atoms with E-state index in [2.05, 4.69) is 28.9 Å². The highest BCUT2D eigenvalue weighted by molar-refractivity contribution is 8.00. The standard InChI is InChI=1S/C33H26N4O2S3/c1-21-13-15-22(16-14-21)26-19-41-32(25(26)18-34)36-31(38)20-40-24-8-6-7-23(17-24)35-33(39)37-27-9-2-4-11-29(27)42-30-12-5-3-10-28(30)37/h2-17,19,27,29H,20H2,1H3,(H,35,39)(H,36,38). The first-order chi connectivity index (χ1) is 20.5. The Balaban J connectivity index is 1.11. The number of nitrogens with zero attached hydrogens (tertiary/aromatic N) is 2. The largest absolute Gasteiger partial charge is 0.326 e. The molecule has 2 heterocycles. The Morgan fingerprint density at radius 3 is 2.64 bits per heavy atom. The van der Waals surface area contributed by atoms with Crippen LogP contribution < -0.4 is 15.5 Å². The van der Waals surface area contributed by atoms with Gasteiger partial charge in [-0.05, 0) is 42.8 Å². The molecular weight excluding hydrogens is 581 g/mol. The molecule has 2 unspecified atom stereocenters.